The summed E-state index contributed by atoms with van der Waals surface area (Å²) in [5.41, 5.74) is 2.82. The van der Waals surface area contributed by atoms with E-state index in [0.29, 0.717) is 10.8 Å². The van der Waals surface area contributed by atoms with Gasteiger partial charge in [-0.3, -0.25) is 10.2 Å². The second-order valence-electron chi connectivity index (χ2n) is 4.26. The van der Waals surface area contributed by atoms with Crippen LogP contribution in [0.2, 0.25) is 0 Å². The zero-order chi connectivity index (χ0) is 16.8. The molecule has 0 aliphatic heterocycles. The highest BCUT2D eigenvalue weighted by molar-refractivity contribution is 7.13. The van der Waals surface area contributed by atoms with Crippen molar-refractivity contribution in [3.8, 4) is 0 Å². The van der Waals surface area contributed by atoms with Crippen molar-refractivity contribution in [3.63, 3.8) is 0 Å². The largest absolute Gasteiger partial charge is 0.466 e. The summed E-state index contributed by atoms with van der Waals surface area (Å²) in [6.07, 6.45) is 1.04. The summed E-state index contributed by atoms with van der Waals surface area (Å²) in [7, 11) is 0. The molecule has 0 bridgehead atoms. The number of anilines is 1. The first-order chi connectivity index (χ1) is 11.0. The smallest absolute Gasteiger partial charge is 0.311 e. The van der Waals surface area contributed by atoms with Crippen molar-refractivity contribution in [3.05, 3.63) is 46.2 Å². The zero-order valence-corrected chi connectivity index (χ0v) is 12.8. The van der Waals surface area contributed by atoms with E-state index in [1.807, 2.05) is 0 Å². The van der Waals surface area contributed by atoms with Gasteiger partial charge in [0, 0.05) is 10.9 Å². The molecular weight excluding hydrogens is 331 g/mol. The van der Waals surface area contributed by atoms with E-state index in [1.54, 1.807) is 12.3 Å². The summed E-state index contributed by atoms with van der Waals surface area (Å²) in [6, 6.07) is 1.87. The van der Waals surface area contributed by atoms with Crippen molar-refractivity contribution < 1.29 is 22.7 Å². The summed E-state index contributed by atoms with van der Waals surface area (Å²) in [4.78, 5) is 15.4. The maximum absolute atomic E-state index is 13.4. The summed E-state index contributed by atoms with van der Waals surface area (Å²) in [5.74, 6) is -4.54. The predicted molar refractivity (Wildman–Crippen MR) is 80.0 cm³/mol. The number of hydrogen-bond donors (Lipinski definition) is 1. The molecule has 1 N–H and O–H groups in total. The SMILES string of the molecule is CCOC(=O)Cc1csc(NN=Cc2ccc(F)c(F)c2F)n1. The van der Waals surface area contributed by atoms with Crippen LogP contribution in [0.15, 0.2) is 22.6 Å². The van der Waals surface area contributed by atoms with E-state index in [-0.39, 0.29) is 18.6 Å². The number of nitrogens with zero attached hydrogens (tertiary/aromatic N) is 2. The van der Waals surface area contributed by atoms with Crippen LogP contribution in [0.25, 0.3) is 0 Å². The molecular formula is C14H12F3N3O2S. The first-order valence-corrected chi connectivity index (χ1v) is 7.41. The van der Waals surface area contributed by atoms with Gasteiger partial charge in [-0.05, 0) is 19.1 Å². The Morgan fingerprint density at radius 1 is 1.39 bits per heavy atom. The molecule has 0 radical (unpaired) electrons. The third-order valence-electron chi connectivity index (χ3n) is 2.61. The number of aromatic nitrogens is 1. The van der Waals surface area contributed by atoms with Gasteiger partial charge in [-0.1, -0.05) is 0 Å². The van der Waals surface area contributed by atoms with E-state index >= 15 is 0 Å². The Hall–Kier alpha value is -2.42. The average molecular weight is 343 g/mol. The van der Waals surface area contributed by atoms with Crippen LogP contribution in [-0.2, 0) is 16.0 Å². The average Bonchev–Trinajstić information content (AvgIpc) is 2.95. The Labute approximate surface area is 133 Å². The number of nitrogens with one attached hydrogen (secondary N) is 1. The summed E-state index contributed by atoms with van der Waals surface area (Å²) >= 11 is 1.18. The number of hydrogen-bond acceptors (Lipinski definition) is 6. The molecule has 122 valence electrons. The van der Waals surface area contributed by atoms with Crippen LogP contribution >= 0.6 is 11.3 Å². The minimum atomic E-state index is -1.56. The van der Waals surface area contributed by atoms with Crippen LogP contribution in [0.4, 0.5) is 18.3 Å². The van der Waals surface area contributed by atoms with Crippen molar-refractivity contribution in [2.75, 3.05) is 12.0 Å². The Morgan fingerprint density at radius 3 is 2.91 bits per heavy atom. The Morgan fingerprint density at radius 2 is 2.17 bits per heavy atom. The molecule has 1 aromatic carbocycles. The maximum atomic E-state index is 13.4. The lowest BCUT2D eigenvalue weighted by molar-refractivity contribution is -0.142. The molecule has 0 amide bonds. The monoisotopic (exact) mass is 343 g/mol. The molecule has 5 nitrogen and oxygen atoms in total. The highest BCUT2D eigenvalue weighted by Crippen LogP contribution is 2.17. The molecule has 0 aliphatic rings. The van der Waals surface area contributed by atoms with Gasteiger partial charge < -0.3 is 4.74 Å². The highest BCUT2D eigenvalue weighted by atomic mass is 32.1. The lowest BCUT2D eigenvalue weighted by atomic mass is 10.2. The van der Waals surface area contributed by atoms with Gasteiger partial charge in [0.25, 0.3) is 0 Å². The minimum Gasteiger partial charge on any atom is -0.466 e. The molecule has 0 spiro atoms. The van der Waals surface area contributed by atoms with Gasteiger partial charge in [-0.25, -0.2) is 18.2 Å². The van der Waals surface area contributed by atoms with E-state index < -0.39 is 23.4 Å². The van der Waals surface area contributed by atoms with Gasteiger partial charge >= 0.3 is 5.97 Å². The van der Waals surface area contributed by atoms with Gasteiger partial charge in [0.05, 0.1) is 24.9 Å². The van der Waals surface area contributed by atoms with Gasteiger partial charge in [-0.15, -0.1) is 11.3 Å². The number of carbonyl (C=O) groups is 1. The summed E-state index contributed by atoms with van der Waals surface area (Å²) < 4.78 is 44.0. The van der Waals surface area contributed by atoms with Crippen LogP contribution < -0.4 is 5.43 Å². The second kappa shape index (κ2) is 7.73. The lowest BCUT2D eigenvalue weighted by Gasteiger charge is -1.99. The normalized spacial score (nSPS) is 11.0. The molecule has 1 aromatic heterocycles. The summed E-state index contributed by atoms with van der Waals surface area (Å²) in [5, 5.41) is 5.71. The van der Waals surface area contributed by atoms with Crippen molar-refractivity contribution in [1.29, 1.82) is 0 Å². The second-order valence-corrected chi connectivity index (χ2v) is 5.12. The minimum absolute atomic E-state index is 0.0353. The van der Waals surface area contributed by atoms with Crippen molar-refractivity contribution >= 4 is 28.7 Å². The summed E-state index contributed by atoms with van der Waals surface area (Å²) in [6.45, 7) is 2.00. The van der Waals surface area contributed by atoms with Crippen molar-refractivity contribution in [1.82, 2.24) is 4.98 Å². The van der Waals surface area contributed by atoms with Crippen LogP contribution in [0.3, 0.4) is 0 Å². The molecule has 0 saturated heterocycles. The molecule has 0 saturated carbocycles. The number of rotatable bonds is 6. The van der Waals surface area contributed by atoms with Gasteiger partial charge in [0.15, 0.2) is 17.5 Å². The van der Waals surface area contributed by atoms with E-state index in [2.05, 4.69) is 15.5 Å². The maximum Gasteiger partial charge on any atom is 0.311 e. The number of halogens is 3. The first-order valence-electron chi connectivity index (χ1n) is 6.53. The molecule has 0 aliphatic carbocycles. The van der Waals surface area contributed by atoms with E-state index in [9.17, 15) is 18.0 Å². The molecule has 0 unspecified atom stereocenters. The molecule has 2 rings (SSSR count). The Bertz CT molecular complexity index is 734. The van der Waals surface area contributed by atoms with Crippen molar-refractivity contribution in [2.45, 2.75) is 13.3 Å². The topological polar surface area (TPSA) is 63.6 Å². The number of carbonyl (C=O) groups excluding carboxylic acids is 1. The molecule has 9 heteroatoms. The third kappa shape index (κ3) is 4.52. The fraction of sp³-hybridized carbons (Fsp3) is 0.214. The predicted octanol–water partition coefficient (Wildman–Crippen LogP) is 3.11. The van der Waals surface area contributed by atoms with E-state index in [4.69, 9.17) is 4.74 Å². The standard InChI is InChI=1S/C14H12F3N3O2S/c1-2-22-11(21)5-9-7-23-14(19-9)20-18-6-8-3-4-10(15)13(17)12(8)16/h3-4,6-7H,2,5H2,1H3,(H,19,20). The Kier molecular flexibility index (Phi) is 5.69. The molecule has 0 fully saturated rings. The van der Waals surface area contributed by atoms with Crippen LogP contribution in [0.1, 0.15) is 18.2 Å². The van der Waals surface area contributed by atoms with Gasteiger partial charge in [-0.2, -0.15) is 5.10 Å². The first kappa shape index (κ1) is 16.9. The molecule has 23 heavy (non-hydrogen) atoms. The number of esters is 1. The van der Waals surface area contributed by atoms with E-state index in [0.717, 1.165) is 18.3 Å². The Balaban J connectivity index is 1.97. The third-order valence-corrected chi connectivity index (χ3v) is 3.41. The fourth-order valence-electron chi connectivity index (χ4n) is 1.60. The lowest BCUT2D eigenvalue weighted by Crippen LogP contribution is -2.07. The van der Waals surface area contributed by atoms with Crippen LogP contribution in [0.5, 0.6) is 0 Å². The van der Waals surface area contributed by atoms with Gasteiger partial charge in [0.2, 0.25) is 5.13 Å². The van der Waals surface area contributed by atoms with Crippen molar-refractivity contribution in [2.24, 2.45) is 5.10 Å². The van der Waals surface area contributed by atoms with Gasteiger partial charge in [0.1, 0.15) is 0 Å². The number of thiazole rings is 1. The van der Waals surface area contributed by atoms with Crippen LogP contribution in [-0.4, -0.2) is 23.8 Å². The van der Waals surface area contributed by atoms with E-state index in [1.165, 1.54) is 11.3 Å². The number of ether oxygens (including phenoxy) is 1. The van der Waals surface area contributed by atoms with Crippen LogP contribution in [0, 0.1) is 17.5 Å². The molecule has 2 aromatic rings. The highest BCUT2D eigenvalue weighted by Gasteiger charge is 2.12. The number of benzene rings is 1. The number of hydrazone groups is 1. The zero-order valence-electron chi connectivity index (χ0n) is 12.0. The quantitative estimate of drug-likeness (QED) is 0.379. The molecule has 1 heterocycles. The fourth-order valence-corrected chi connectivity index (χ4v) is 2.26. The molecule has 0 atom stereocenters.